The second-order valence-corrected chi connectivity index (χ2v) is 2.37. The van der Waals surface area contributed by atoms with Crippen LogP contribution in [-0.4, -0.2) is 13.1 Å². The number of para-hydroxylation sites is 1. The minimum atomic E-state index is 0.966. The topological polar surface area (TPSA) is 28.6 Å². The van der Waals surface area contributed by atoms with Gasteiger partial charge < -0.3 is 10.6 Å². The van der Waals surface area contributed by atoms with E-state index >= 15 is 0 Å². The number of nitrogens with one attached hydrogen (secondary N) is 1. The summed E-state index contributed by atoms with van der Waals surface area (Å²) in [4.78, 5) is 0. The van der Waals surface area contributed by atoms with Crippen molar-refractivity contribution in [1.29, 1.82) is 0 Å². The van der Waals surface area contributed by atoms with E-state index < -0.39 is 0 Å². The molecule has 0 aliphatic heterocycles. The molecule has 1 aromatic rings. The first-order valence-electron chi connectivity index (χ1n) is 3.83. The van der Waals surface area contributed by atoms with Gasteiger partial charge in [0.05, 0.1) is 13.1 Å². The number of quaternary nitrogens is 1. The van der Waals surface area contributed by atoms with Crippen molar-refractivity contribution < 1.29 is 5.32 Å². The molecule has 1 aromatic carbocycles. The smallest absolute Gasteiger partial charge is 0.0691 e. The molecule has 0 spiro atoms. The van der Waals surface area contributed by atoms with E-state index in [0.717, 1.165) is 13.1 Å². The van der Waals surface area contributed by atoms with Gasteiger partial charge in [-0.15, -0.1) is 0 Å². The van der Waals surface area contributed by atoms with E-state index in [9.17, 15) is 0 Å². The van der Waals surface area contributed by atoms with Crippen LogP contribution in [0.25, 0.3) is 0 Å². The largest absolute Gasteiger partial charge is 0.477 e. The van der Waals surface area contributed by atoms with Crippen LogP contribution in [0.1, 0.15) is 0 Å². The summed E-state index contributed by atoms with van der Waals surface area (Å²) in [6, 6.07) is 10.2. The molecule has 0 saturated heterocycles. The highest BCUT2D eigenvalue weighted by atomic mass is 14.9. The minimum Gasteiger partial charge on any atom is -0.477 e. The van der Waals surface area contributed by atoms with Crippen molar-refractivity contribution in [3.63, 3.8) is 0 Å². The Hall–Kier alpha value is -1.02. The summed E-state index contributed by atoms with van der Waals surface area (Å²) in [5, 5.41) is 5.19. The average molecular weight is 150 g/mol. The molecule has 0 amide bonds. The van der Waals surface area contributed by atoms with Crippen LogP contribution in [0, 0.1) is 7.05 Å². The second kappa shape index (κ2) is 4.74. The van der Waals surface area contributed by atoms with Gasteiger partial charge in [0.25, 0.3) is 0 Å². The van der Waals surface area contributed by atoms with E-state index in [1.54, 1.807) is 0 Å². The zero-order valence-corrected chi connectivity index (χ0v) is 6.59. The van der Waals surface area contributed by atoms with Crippen molar-refractivity contribution in [2.75, 3.05) is 18.4 Å². The van der Waals surface area contributed by atoms with Crippen molar-refractivity contribution >= 4 is 5.69 Å². The highest BCUT2D eigenvalue weighted by molar-refractivity contribution is 5.42. The van der Waals surface area contributed by atoms with Crippen molar-refractivity contribution in [2.24, 2.45) is 0 Å². The Morgan fingerprint density at radius 1 is 1.27 bits per heavy atom. The number of hydrogen-bond donors (Lipinski definition) is 2. The number of benzene rings is 1. The van der Waals surface area contributed by atoms with Gasteiger partial charge in [0.1, 0.15) is 0 Å². The molecule has 0 aliphatic rings. The molecular formula is C9H14N2. The predicted molar refractivity (Wildman–Crippen MR) is 47.1 cm³/mol. The lowest BCUT2D eigenvalue weighted by Gasteiger charge is -2.04. The van der Waals surface area contributed by atoms with Gasteiger partial charge in [-0.2, -0.15) is 7.05 Å². The number of anilines is 1. The summed E-state index contributed by atoms with van der Waals surface area (Å²) in [5.41, 5.74) is 1.18. The lowest BCUT2D eigenvalue weighted by Crippen LogP contribution is -2.78. The van der Waals surface area contributed by atoms with E-state index in [-0.39, 0.29) is 0 Å². The van der Waals surface area contributed by atoms with Gasteiger partial charge in [-0.3, -0.25) is 0 Å². The lowest BCUT2D eigenvalue weighted by molar-refractivity contribution is -0.592. The maximum Gasteiger partial charge on any atom is 0.0691 e. The van der Waals surface area contributed by atoms with Crippen LogP contribution >= 0.6 is 0 Å². The van der Waals surface area contributed by atoms with Crippen LogP contribution in [-0.2, 0) is 0 Å². The quantitative estimate of drug-likeness (QED) is 0.473. The maximum absolute atomic E-state index is 3.65. The van der Waals surface area contributed by atoms with Crippen molar-refractivity contribution in [3.05, 3.63) is 37.4 Å². The molecule has 60 valence electrons. The van der Waals surface area contributed by atoms with Crippen molar-refractivity contribution in [1.82, 2.24) is 0 Å². The summed E-state index contributed by atoms with van der Waals surface area (Å²) in [6.45, 7) is 1.97. The Kier molecular flexibility index (Phi) is 3.48. The Morgan fingerprint density at radius 2 is 2.00 bits per heavy atom. The first-order chi connectivity index (χ1) is 5.43. The Morgan fingerprint density at radius 3 is 2.64 bits per heavy atom. The second-order valence-electron chi connectivity index (χ2n) is 2.37. The van der Waals surface area contributed by atoms with Crippen LogP contribution in [0.2, 0.25) is 0 Å². The van der Waals surface area contributed by atoms with E-state index in [0.29, 0.717) is 0 Å². The summed E-state index contributed by atoms with van der Waals surface area (Å²) < 4.78 is 0. The van der Waals surface area contributed by atoms with E-state index in [2.05, 4.69) is 24.5 Å². The van der Waals surface area contributed by atoms with Crippen molar-refractivity contribution in [3.8, 4) is 0 Å². The number of rotatable bonds is 4. The third kappa shape index (κ3) is 3.05. The molecule has 11 heavy (non-hydrogen) atoms. The van der Waals surface area contributed by atoms with Gasteiger partial charge in [0.15, 0.2) is 0 Å². The van der Waals surface area contributed by atoms with E-state index in [1.807, 2.05) is 23.5 Å². The SMILES string of the molecule is [CH2-][NH2+]CCNc1ccccc1. The molecule has 0 bridgehead atoms. The van der Waals surface area contributed by atoms with Crippen LogP contribution in [0.15, 0.2) is 30.3 Å². The fraction of sp³-hybridized carbons (Fsp3) is 0.222. The molecule has 2 heteroatoms. The highest BCUT2D eigenvalue weighted by Gasteiger charge is 1.86. The fourth-order valence-electron chi connectivity index (χ4n) is 0.875. The van der Waals surface area contributed by atoms with E-state index in [1.165, 1.54) is 5.69 Å². The molecule has 0 radical (unpaired) electrons. The molecule has 0 atom stereocenters. The number of nitrogens with two attached hydrogens (primary N) is 1. The summed E-state index contributed by atoms with van der Waals surface area (Å²) in [6.07, 6.45) is 0. The lowest BCUT2D eigenvalue weighted by atomic mass is 10.3. The first kappa shape index (κ1) is 8.08. The molecule has 0 aromatic heterocycles. The van der Waals surface area contributed by atoms with Gasteiger partial charge >= 0.3 is 0 Å². The monoisotopic (exact) mass is 150 g/mol. The third-order valence-electron chi connectivity index (χ3n) is 1.45. The van der Waals surface area contributed by atoms with Crippen LogP contribution < -0.4 is 10.6 Å². The standard InChI is InChI=1S/C9H14N2/c1-10-7-8-11-9-5-3-2-4-6-9/h2-6,11H,1,7-8,10H2. The molecule has 3 N–H and O–H groups in total. The molecule has 0 heterocycles. The summed E-state index contributed by atoms with van der Waals surface area (Å²) in [7, 11) is 3.65. The summed E-state index contributed by atoms with van der Waals surface area (Å²) in [5.74, 6) is 0. The van der Waals surface area contributed by atoms with Crippen LogP contribution in [0.4, 0.5) is 5.69 Å². The molecule has 0 unspecified atom stereocenters. The fourth-order valence-corrected chi connectivity index (χ4v) is 0.875. The minimum absolute atomic E-state index is 0.966. The Labute approximate surface area is 67.6 Å². The zero-order chi connectivity index (χ0) is 7.94. The Bertz CT molecular complexity index is 184. The molecule has 0 aliphatic carbocycles. The van der Waals surface area contributed by atoms with Gasteiger partial charge in [-0.05, 0) is 12.1 Å². The zero-order valence-electron chi connectivity index (χ0n) is 6.59. The molecular weight excluding hydrogens is 136 g/mol. The predicted octanol–water partition coefficient (Wildman–Crippen LogP) is 0.453. The first-order valence-corrected chi connectivity index (χ1v) is 3.83. The third-order valence-corrected chi connectivity index (χ3v) is 1.45. The molecule has 0 saturated carbocycles. The van der Waals surface area contributed by atoms with Crippen molar-refractivity contribution in [2.45, 2.75) is 0 Å². The highest BCUT2D eigenvalue weighted by Crippen LogP contribution is 2.02. The van der Waals surface area contributed by atoms with E-state index in [4.69, 9.17) is 0 Å². The number of hydrogen-bond acceptors (Lipinski definition) is 1. The van der Waals surface area contributed by atoms with Gasteiger partial charge in [-0.25, -0.2) is 0 Å². The van der Waals surface area contributed by atoms with Gasteiger partial charge in [0.2, 0.25) is 0 Å². The average Bonchev–Trinajstić information content (AvgIpc) is 2.07. The Balaban J connectivity index is 2.28. The molecule has 1 rings (SSSR count). The van der Waals surface area contributed by atoms with Crippen LogP contribution in [0.3, 0.4) is 0 Å². The van der Waals surface area contributed by atoms with Gasteiger partial charge in [-0.1, -0.05) is 18.2 Å². The molecule has 2 nitrogen and oxygen atoms in total. The normalized spacial score (nSPS) is 9.55. The van der Waals surface area contributed by atoms with Gasteiger partial charge in [0, 0.05) is 5.69 Å². The van der Waals surface area contributed by atoms with Crippen LogP contribution in [0.5, 0.6) is 0 Å². The molecule has 0 fully saturated rings. The maximum atomic E-state index is 3.65. The summed E-state index contributed by atoms with van der Waals surface area (Å²) >= 11 is 0.